The summed E-state index contributed by atoms with van der Waals surface area (Å²) in [5, 5.41) is 10.7. The van der Waals surface area contributed by atoms with Gasteiger partial charge in [0.1, 0.15) is 5.54 Å². The van der Waals surface area contributed by atoms with Gasteiger partial charge in [-0.25, -0.2) is 13.6 Å². The number of hydrogen-bond donors (Lipinski definition) is 0. The van der Waals surface area contributed by atoms with Crippen LogP contribution in [0.3, 0.4) is 0 Å². The monoisotopic (exact) mass is 240 g/mol. The second-order valence-corrected chi connectivity index (χ2v) is 3.78. The first kappa shape index (κ1) is 11.3. The van der Waals surface area contributed by atoms with E-state index in [4.69, 9.17) is 0 Å². The molecule has 0 unspecified atom stereocenters. The molecule has 0 spiro atoms. The molecule has 0 heterocycles. The Bertz CT molecular complexity index is 549. The Hall–Kier alpha value is -2.14. The fourth-order valence-electron chi connectivity index (χ4n) is 1.71. The van der Waals surface area contributed by atoms with E-state index in [1.807, 2.05) is 0 Å². The van der Waals surface area contributed by atoms with Crippen molar-refractivity contribution in [2.24, 2.45) is 4.99 Å². The minimum Gasteiger partial charge on any atom is -0.258 e. The fourth-order valence-corrected chi connectivity index (χ4v) is 1.71. The Morgan fingerprint density at radius 1 is 1.35 bits per heavy atom. The van der Waals surface area contributed by atoms with Crippen LogP contribution < -0.4 is 0 Å². The molecule has 17 heavy (non-hydrogen) atoms. The largest absolute Gasteiger partial charge is 0.278 e. The molecule has 88 valence electrons. The first-order chi connectivity index (χ1) is 8.00. The molecule has 2 rings (SSSR count). The van der Waals surface area contributed by atoms with Gasteiger partial charge in [0.2, 0.25) is 6.08 Å². The molecule has 5 nitrogen and oxygen atoms in total. The van der Waals surface area contributed by atoms with Gasteiger partial charge in [0.05, 0.1) is 16.6 Å². The Morgan fingerprint density at radius 2 is 1.94 bits per heavy atom. The van der Waals surface area contributed by atoms with Crippen LogP contribution in [0.2, 0.25) is 0 Å². The smallest absolute Gasteiger partial charge is 0.258 e. The van der Waals surface area contributed by atoms with Crippen molar-refractivity contribution in [2.45, 2.75) is 18.4 Å². The molecular weight excluding hydrogens is 234 g/mol. The second kappa shape index (κ2) is 3.71. The number of hydrogen-bond acceptors (Lipinski definition) is 4. The van der Waals surface area contributed by atoms with E-state index in [1.54, 1.807) is 0 Å². The van der Waals surface area contributed by atoms with Crippen molar-refractivity contribution in [3.63, 3.8) is 0 Å². The lowest BCUT2D eigenvalue weighted by atomic mass is 10.0. The molecule has 0 saturated heterocycles. The van der Waals surface area contributed by atoms with Gasteiger partial charge in [-0.1, -0.05) is 0 Å². The number of nitro groups is 1. The summed E-state index contributed by atoms with van der Waals surface area (Å²) < 4.78 is 26.0. The van der Waals surface area contributed by atoms with Gasteiger partial charge in [-0.3, -0.25) is 10.1 Å². The number of nitrogens with zero attached hydrogens (tertiary/aromatic N) is 2. The molecule has 7 heteroatoms. The van der Waals surface area contributed by atoms with E-state index in [9.17, 15) is 23.7 Å². The van der Waals surface area contributed by atoms with E-state index in [2.05, 4.69) is 4.99 Å². The summed E-state index contributed by atoms with van der Waals surface area (Å²) in [6.45, 7) is 0. The summed E-state index contributed by atoms with van der Waals surface area (Å²) in [5.74, 6) is -2.50. The molecule has 0 amide bonds. The first-order valence-electron chi connectivity index (χ1n) is 4.73. The maximum atomic E-state index is 13.1. The first-order valence-corrected chi connectivity index (χ1v) is 4.73. The molecule has 0 aromatic heterocycles. The molecule has 0 atom stereocenters. The second-order valence-electron chi connectivity index (χ2n) is 3.78. The third-order valence-electron chi connectivity index (χ3n) is 2.72. The molecule has 1 aromatic carbocycles. The van der Waals surface area contributed by atoms with Crippen LogP contribution in [0.15, 0.2) is 17.1 Å². The van der Waals surface area contributed by atoms with Gasteiger partial charge in [-0.2, -0.15) is 4.99 Å². The van der Waals surface area contributed by atoms with E-state index >= 15 is 0 Å². The molecule has 1 aliphatic carbocycles. The predicted molar refractivity (Wildman–Crippen MR) is 52.0 cm³/mol. The van der Waals surface area contributed by atoms with E-state index in [-0.39, 0.29) is 5.56 Å². The molecule has 0 N–H and O–H groups in total. The zero-order chi connectivity index (χ0) is 12.6. The molecule has 0 aliphatic heterocycles. The summed E-state index contributed by atoms with van der Waals surface area (Å²) in [6, 6.07) is 1.23. The standard InChI is InChI=1S/C10H6F2N2O3/c11-7-3-6(10(1-2-10)13-5-15)9(14(16)17)4-8(7)12/h3-4H,1-2H2. The van der Waals surface area contributed by atoms with E-state index in [0.717, 1.165) is 6.07 Å². The summed E-state index contributed by atoms with van der Waals surface area (Å²) in [4.78, 5) is 23.6. The van der Waals surface area contributed by atoms with Crippen LogP contribution in [-0.2, 0) is 10.3 Å². The van der Waals surface area contributed by atoms with Crippen molar-refractivity contribution >= 4 is 11.8 Å². The van der Waals surface area contributed by atoms with Crippen molar-refractivity contribution in [2.75, 3.05) is 0 Å². The Morgan fingerprint density at radius 3 is 2.41 bits per heavy atom. The highest BCUT2D eigenvalue weighted by Gasteiger charge is 2.49. The van der Waals surface area contributed by atoms with Gasteiger partial charge in [0, 0.05) is 0 Å². The Labute approximate surface area is 93.9 Å². The van der Waals surface area contributed by atoms with Crippen LogP contribution in [0.25, 0.3) is 0 Å². The number of halogens is 2. The number of carbonyl (C=O) groups excluding carboxylic acids is 1. The number of benzene rings is 1. The maximum absolute atomic E-state index is 13.1. The zero-order valence-corrected chi connectivity index (χ0v) is 8.44. The average Bonchev–Trinajstić information content (AvgIpc) is 3.02. The summed E-state index contributed by atoms with van der Waals surface area (Å²) in [5.41, 5.74) is -1.75. The lowest BCUT2D eigenvalue weighted by molar-refractivity contribution is -0.386. The highest BCUT2D eigenvalue weighted by Crippen LogP contribution is 2.52. The summed E-state index contributed by atoms with van der Waals surface area (Å²) >= 11 is 0. The van der Waals surface area contributed by atoms with Crippen LogP contribution in [-0.4, -0.2) is 11.0 Å². The predicted octanol–water partition coefficient (Wildman–Crippen LogP) is 2.20. The molecular formula is C10H6F2N2O3. The van der Waals surface area contributed by atoms with Crippen molar-refractivity contribution in [3.05, 3.63) is 39.4 Å². The summed E-state index contributed by atoms with van der Waals surface area (Å²) in [6.07, 6.45) is 2.07. The molecule has 1 aromatic rings. The number of rotatable bonds is 3. The van der Waals surface area contributed by atoms with Gasteiger partial charge >= 0.3 is 0 Å². The zero-order valence-electron chi connectivity index (χ0n) is 8.44. The topological polar surface area (TPSA) is 72.6 Å². The van der Waals surface area contributed by atoms with E-state index in [0.29, 0.717) is 18.9 Å². The van der Waals surface area contributed by atoms with Gasteiger partial charge in [0.25, 0.3) is 5.69 Å². The third-order valence-corrected chi connectivity index (χ3v) is 2.72. The molecule has 1 aliphatic rings. The van der Waals surface area contributed by atoms with Crippen molar-refractivity contribution in [3.8, 4) is 0 Å². The average molecular weight is 240 g/mol. The van der Waals surface area contributed by atoms with Crippen molar-refractivity contribution < 1.29 is 18.5 Å². The quantitative estimate of drug-likeness (QED) is 0.352. The molecule has 1 saturated carbocycles. The fraction of sp³-hybridized carbons (Fsp3) is 0.300. The number of isocyanates is 1. The van der Waals surface area contributed by atoms with Crippen LogP contribution in [0.4, 0.5) is 14.5 Å². The van der Waals surface area contributed by atoms with Crippen molar-refractivity contribution in [1.82, 2.24) is 0 Å². The highest BCUT2D eigenvalue weighted by molar-refractivity contribution is 5.51. The molecule has 1 fully saturated rings. The minimum absolute atomic E-state index is 0.0789. The van der Waals surface area contributed by atoms with Crippen LogP contribution in [0.5, 0.6) is 0 Å². The number of nitro benzene ring substituents is 1. The van der Waals surface area contributed by atoms with Crippen LogP contribution in [0, 0.1) is 21.7 Å². The Kier molecular flexibility index (Phi) is 2.48. The van der Waals surface area contributed by atoms with Gasteiger partial charge < -0.3 is 0 Å². The van der Waals surface area contributed by atoms with E-state index < -0.39 is 27.8 Å². The molecule has 0 radical (unpaired) electrons. The lowest BCUT2D eigenvalue weighted by Gasteiger charge is -2.09. The normalized spacial score (nSPS) is 16.1. The van der Waals surface area contributed by atoms with Crippen LogP contribution in [0.1, 0.15) is 18.4 Å². The highest BCUT2D eigenvalue weighted by atomic mass is 19.2. The number of aliphatic imine (C=N–C) groups is 1. The van der Waals surface area contributed by atoms with Gasteiger partial charge in [0.15, 0.2) is 11.6 Å². The Balaban J connectivity index is 2.64. The van der Waals surface area contributed by atoms with E-state index in [1.165, 1.54) is 6.08 Å². The van der Waals surface area contributed by atoms with Gasteiger partial charge in [-0.15, -0.1) is 0 Å². The lowest BCUT2D eigenvalue weighted by Crippen LogP contribution is -2.08. The molecule has 0 bridgehead atoms. The van der Waals surface area contributed by atoms with Crippen LogP contribution >= 0.6 is 0 Å². The SMILES string of the molecule is O=C=NC1(c2cc(F)c(F)cc2[N+](=O)[O-])CC1. The van der Waals surface area contributed by atoms with Crippen molar-refractivity contribution in [1.29, 1.82) is 0 Å². The third kappa shape index (κ3) is 1.81. The minimum atomic E-state index is -1.30. The maximum Gasteiger partial charge on any atom is 0.278 e. The van der Waals surface area contributed by atoms with Gasteiger partial charge in [-0.05, 0) is 18.9 Å². The summed E-state index contributed by atoms with van der Waals surface area (Å²) in [7, 11) is 0.